The molecule has 7 heteroatoms. The van der Waals surface area contributed by atoms with Crippen LogP contribution in [-0.2, 0) is 4.74 Å². The Labute approximate surface area is 110 Å². The van der Waals surface area contributed by atoms with Crippen LogP contribution in [0.5, 0.6) is 0 Å². The van der Waals surface area contributed by atoms with Crippen molar-refractivity contribution in [2.24, 2.45) is 0 Å². The SMILES string of the molecule is Nc1cccc(NC2(CO)CCOCC2)c1[N+](=O)[O-]. The number of nitro benzene ring substituents is 1. The van der Waals surface area contributed by atoms with Crippen molar-refractivity contribution in [2.75, 3.05) is 30.9 Å². The molecule has 0 saturated carbocycles. The molecule has 0 bridgehead atoms. The van der Waals surface area contributed by atoms with Crippen LogP contribution >= 0.6 is 0 Å². The van der Waals surface area contributed by atoms with Crippen molar-refractivity contribution in [1.29, 1.82) is 0 Å². The number of anilines is 2. The van der Waals surface area contributed by atoms with Crippen molar-refractivity contribution in [2.45, 2.75) is 18.4 Å². The van der Waals surface area contributed by atoms with Gasteiger partial charge < -0.3 is 20.9 Å². The molecule has 1 heterocycles. The maximum Gasteiger partial charge on any atom is 0.314 e. The quantitative estimate of drug-likeness (QED) is 0.428. The first-order chi connectivity index (χ1) is 9.08. The minimum Gasteiger partial charge on any atom is -0.394 e. The maximum absolute atomic E-state index is 11.1. The van der Waals surface area contributed by atoms with Crippen LogP contribution in [-0.4, -0.2) is 35.4 Å². The molecule has 0 unspecified atom stereocenters. The number of benzene rings is 1. The molecule has 0 atom stereocenters. The summed E-state index contributed by atoms with van der Waals surface area (Å²) in [6.45, 7) is 0.926. The van der Waals surface area contributed by atoms with Gasteiger partial charge in [0.05, 0.1) is 17.1 Å². The lowest BCUT2D eigenvalue weighted by Gasteiger charge is -2.37. The lowest BCUT2D eigenvalue weighted by molar-refractivity contribution is -0.383. The summed E-state index contributed by atoms with van der Waals surface area (Å²) < 4.78 is 5.26. The zero-order valence-corrected chi connectivity index (χ0v) is 10.5. The fraction of sp³-hybridized carbons (Fsp3) is 0.500. The number of hydrogen-bond donors (Lipinski definition) is 3. The van der Waals surface area contributed by atoms with E-state index in [0.29, 0.717) is 31.7 Å². The van der Waals surface area contributed by atoms with Crippen LogP contribution in [0, 0.1) is 10.1 Å². The molecule has 1 saturated heterocycles. The predicted octanol–water partition coefficient (Wildman–Crippen LogP) is 1.13. The first-order valence-electron chi connectivity index (χ1n) is 6.08. The highest BCUT2D eigenvalue weighted by molar-refractivity contribution is 5.75. The molecule has 0 radical (unpaired) electrons. The van der Waals surface area contributed by atoms with Crippen molar-refractivity contribution >= 4 is 17.1 Å². The number of aliphatic hydroxyl groups is 1. The fourth-order valence-electron chi connectivity index (χ4n) is 2.24. The van der Waals surface area contributed by atoms with Crippen LogP contribution in [0.1, 0.15) is 12.8 Å². The second-order valence-corrected chi connectivity index (χ2v) is 4.68. The van der Waals surface area contributed by atoms with E-state index in [-0.39, 0.29) is 18.0 Å². The molecule has 1 aromatic rings. The van der Waals surface area contributed by atoms with Crippen LogP contribution < -0.4 is 11.1 Å². The van der Waals surface area contributed by atoms with Crippen LogP contribution in [0.15, 0.2) is 18.2 Å². The summed E-state index contributed by atoms with van der Waals surface area (Å²) in [4.78, 5) is 10.6. The van der Waals surface area contributed by atoms with Crippen molar-refractivity contribution in [3.63, 3.8) is 0 Å². The van der Waals surface area contributed by atoms with Crippen molar-refractivity contribution in [3.05, 3.63) is 28.3 Å². The van der Waals surface area contributed by atoms with Gasteiger partial charge >= 0.3 is 5.69 Å². The Kier molecular flexibility index (Phi) is 3.87. The van der Waals surface area contributed by atoms with Crippen LogP contribution in [0.3, 0.4) is 0 Å². The predicted molar refractivity (Wildman–Crippen MR) is 71.0 cm³/mol. The molecule has 0 amide bonds. The fourth-order valence-corrected chi connectivity index (χ4v) is 2.24. The van der Waals surface area contributed by atoms with Gasteiger partial charge in [-0.25, -0.2) is 0 Å². The number of nitro groups is 1. The summed E-state index contributed by atoms with van der Waals surface area (Å²) in [7, 11) is 0. The Morgan fingerprint density at radius 2 is 2.16 bits per heavy atom. The van der Waals surface area contributed by atoms with E-state index in [1.54, 1.807) is 12.1 Å². The van der Waals surface area contributed by atoms with Gasteiger partial charge in [-0.15, -0.1) is 0 Å². The molecule has 1 aliphatic heterocycles. The summed E-state index contributed by atoms with van der Waals surface area (Å²) in [5.74, 6) is 0. The topological polar surface area (TPSA) is 111 Å². The minimum atomic E-state index is -0.587. The third kappa shape index (κ3) is 2.77. The van der Waals surface area contributed by atoms with E-state index in [1.807, 2.05) is 0 Å². The Balaban J connectivity index is 2.31. The van der Waals surface area contributed by atoms with Gasteiger partial charge in [-0.3, -0.25) is 10.1 Å². The molecular formula is C12H17N3O4. The molecular weight excluding hydrogens is 250 g/mol. The van der Waals surface area contributed by atoms with Gasteiger partial charge in [0.15, 0.2) is 0 Å². The summed E-state index contributed by atoms with van der Waals surface area (Å²) in [5.41, 5.74) is 5.35. The van der Waals surface area contributed by atoms with E-state index in [9.17, 15) is 15.2 Å². The van der Waals surface area contributed by atoms with Gasteiger partial charge in [-0.2, -0.15) is 0 Å². The minimum absolute atomic E-state index is 0.107. The number of aliphatic hydroxyl groups excluding tert-OH is 1. The first kappa shape index (κ1) is 13.6. The summed E-state index contributed by atoms with van der Waals surface area (Å²) in [6, 6.07) is 4.73. The smallest absolute Gasteiger partial charge is 0.314 e. The highest BCUT2D eigenvalue weighted by Crippen LogP contribution is 2.34. The van der Waals surface area contributed by atoms with Gasteiger partial charge in [0.25, 0.3) is 0 Å². The van der Waals surface area contributed by atoms with Crippen LogP contribution in [0.25, 0.3) is 0 Å². The molecule has 2 rings (SSSR count). The van der Waals surface area contributed by atoms with Crippen LogP contribution in [0.4, 0.5) is 17.1 Å². The molecule has 19 heavy (non-hydrogen) atoms. The standard InChI is InChI=1S/C12H17N3O4/c13-9-2-1-3-10(11(9)15(17)18)14-12(8-16)4-6-19-7-5-12/h1-3,14,16H,4-8,13H2. The maximum atomic E-state index is 11.1. The highest BCUT2D eigenvalue weighted by atomic mass is 16.6. The Morgan fingerprint density at radius 3 is 2.74 bits per heavy atom. The van der Waals surface area contributed by atoms with Crippen molar-refractivity contribution in [3.8, 4) is 0 Å². The molecule has 0 aliphatic carbocycles. The Bertz CT molecular complexity index is 472. The average molecular weight is 267 g/mol. The summed E-state index contributed by atoms with van der Waals surface area (Å²) in [5, 5.41) is 23.7. The van der Waals surface area contributed by atoms with Crippen molar-refractivity contribution < 1.29 is 14.8 Å². The lowest BCUT2D eigenvalue weighted by atomic mass is 9.90. The summed E-state index contributed by atoms with van der Waals surface area (Å²) in [6.07, 6.45) is 1.19. The number of nitrogen functional groups attached to an aromatic ring is 1. The second kappa shape index (κ2) is 5.41. The van der Waals surface area contributed by atoms with E-state index in [0.717, 1.165) is 0 Å². The molecule has 7 nitrogen and oxygen atoms in total. The highest BCUT2D eigenvalue weighted by Gasteiger charge is 2.34. The number of hydrogen-bond acceptors (Lipinski definition) is 6. The lowest BCUT2D eigenvalue weighted by Crippen LogP contribution is -2.47. The number of nitrogens with zero attached hydrogens (tertiary/aromatic N) is 1. The number of nitrogens with one attached hydrogen (secondary N) is 1. The molecule has 1 aromatic carbocycles. The van der Waals surface area contributed by atoms with E-state index >= 15 is 0 Å². The van der Waals surface area contributed by atoms with Gasteiger partial charge in [-0.1, -0.05) is 6.07 Å². The van der Waals surface area contributed by atoms with E-state index in [2.05, 4.69) is 5.32 Å². The molecule has 4 N–H and O–H groups in total. The Morgan fingerprint density at radius 1 is 1.47 bits per heavy atom. The zero-order chi connectivity index (χ0) is 13.9. The molecule has 1 aliphatic rings. The number of ether oxygens (including phenoxy) is 1. The van der Waals surface area contributed by atoms with Crippen molar-refractivity contribution in [1.82, 2.24) is 0 Å². The Hall–Kier alpha value is -1.86. The number of para-hydroxylation sites is 1. The van der Waals surface area contributed by atoms with E-state index < -0.39 is 10.5 Å². The largest absolute Gasteiger partial charge is 0.394 e. The molecule has 0 spiro atoms. The summed E-state index contributed by atoms with van der Waals surface area (Å²) >= 11 is 0. The molecule has 104 valence electrons. The second-order valence-electron chi connectivity index (χ2n) is 4.68. The molecule has 1 fully saturated rings. The van der Waals surface area contributed by atoms with Gasteiger partial charge in [-0.05, 0) is 25.0 Å². The molecule has 0 aromatic heterocycles. The number of nitrogens with two attached hydrogens (primary N) is 1. The van der Waals surface area contributed by atoms with Crippen LogP contribution in [0.2, 0.25) is 0 Å². The van der Waals surface area contributed by atoms with Gasteiger partial charge in [0.2, 0.25) is 0 Å². The third-order valence-electron chi connectivity index (χ3n) is 3.40. The average Bonchev–Trinajstić information content (AvgIpc) is 2.39. The number of rotatable bonds is 4. The van der Waals surface area contributed by atoms with E-state index in [4.69, 9.17) is 10.5 Å². The first-order valence-corrected chi connectivity index (χ1v) is 6.08. The normalized spacial score (nSPS) is 17.9. The third-order valence-corrected chi connectivity index (χ3v) is 3.40. The monoisotopic (exact) mass is 267 g/mol. The zero-order valence-electron chi connectivity index (χ0n) is 10.5. The van der Waals surface area contributed by atoms with Gasteiger partial charge in [0, 0.05) is 13.2 Å². The van der Waals surface area contributed by atoms with Gasteiger partial charge in [0.1, 0.15) is 11.4 Å². The van der Waals surface area contributed by atoms with E-state index in [1.165, 1.54) is 6.07 Å².